The van der Waals surface area contributed by atoms with E-state index in [1.807, 2.05) is 11.8 Å². The second-order valence-electron chi connectivity index (χ2n) is 7.72. The molecule has 8 nitrogen and oxygen atoms in total. The summed E-state index contributed by atoms with van der Waals surface area (Å²) in [6.45, 7) is 3.65. The van der Waals surface area contributed by atoms with Crippen LogP contribution in [0.2, 0.25) is 5.02 Å². The number of amides is 1. The molecule has 1 saturated heterocycles. The molecule has 4 rings (SSSR count). The number of carbonyl (C=O) groups is 1. The maximum Gasteiger partial charge on any atom is 0.293 e. The van der Waals surface area contributed by atoms with Gasteiger partial charge >= 0.3 is 0 Å². The number of hydrogen-bond acceptors (Lipinski definition) is 5. The summed E-state index contributed by atoms with van der Waals surface area (Å²) in [5.74, 6) is -0.897. The van der Waals surface area contributed by atoms with Crippen LogP contribution in [-0.2, 0) is 4.74 Å². The van der Waals surface area contributed by atoms with Gasteiger partial charge in [0.05, 0.1) is 23.7 Å². The number of nitro benzene ring substituents is 1. The van der Waals surface area contributed by atoms with E-state index in [4.69, 9.17) is 16.3 Å². The molecule has 0 saturated carbocycles. The van der Waals surface area contributed by atoms with E-state index in [0.717, 1.165) is 0 Å². The van der Waals surface area contributed by atoms with E-state index in [0.29, 0.717) is 30.6 Å². The quantitative estimate of drug-likeness (QED) is 0.426. The zero-order valence-electron chi connectivity index (χ0n) is 17.3. The summed E-state index contributed by atoms with van der Waals surface area (Å²) in [4.78, 5) is 28.5. The molecule has 2 atom stereocenters. The summed E-state index contributed by atoms with van der Waals surface area (Å²) < 4.78 is 20.3. The number of morpholine rings is 1. The number of non-ortho nitro benzene ring substituents is 1. The van der Waals surface area contributed by atoms with Crippen molar-refractivity contribution in [2.24, 2.45) is 0 Å². The highest BCUT2D eigenvalue weighted by atomic mass is 35.5. The predicted molar refractivity (Wildman–Crippen MR) is 118 cm³/mol. The van der Waals surface area contributed by atoms with Crippen LogP contribution in [0, 0.1) is 15.9 Å². The number of aromatic amines is 1. The first-order valence-electron chi connectivity index (χ1n) is 10.2. The fourth-order valence-electron chi connectivity index (χ4n) is 4.07. The Bertz CT molecular complexity index is 1150. The first-order valence-corrected chi connectivity index (χ1v) is 10.6. The van der Waals surface area contributed by atoms with Crippen molar-refractivity contribution in [2.75, 3.05) is 26.2 Å². The molecule has 3 aromatic rings. The van der Waals surface area contributed by atoms with Gasteiger partial charge in [-0.3, -0.25) is 19.8 Å². The molecule has 2 N–H and O–H groups in total. The zero-order valence-corrected chi connectivity index (χ0v) is 18.1. The van der Waals surface area contributed by atoms with Gasteiger partial charge in [0.25, 0.3) is 11.6 Å². The number of benzene rings is 2. The number of halogens is 2. The van der Waals surface area contributed by atoms with Crippen molar-refractivity contribution >= 4 is 34.1 Å². The van der Waals surface area contributed by atoms with Gasteiger partial charge in [0.1, 0.15) is 17.0 Å². The molecule has 1 fully saturated rings. The summed E-state index contributed by atoms with van der Waals surface area (Å²) >= 11 is 6.33. The van der Waals surface area contributed by atoms with Crippen molar-refractivity contribution in [1.82, 2.24) is 15.2 Å². The number of rotatable bonds is 6. The lowest BCUT2D eigenvalue weighted by atomic mass is 10.0. The number of para-hydroxylation sites is 1. The molecule has 1 amide bonds. The van der Waals surface area contributed by atoms with Crippen LogP contribution in [0.25, 0.3) is 10.9 Å². The predicted octanol–water partition coefficient (Wildman–Crippen LogP) is 4.06. The Morgan fingerprint density at radius 3 is 2.91 bits per heavy atom. The number of H-pyrrole nitrogens is 1. The second kappa shape index (κ2) is 9.23. The van der Waals surface area contributed by atoms with Crippen molar-refractivity contribution in [3.8, 4) is 0 Å². The number of nitrogens with zero attached hydrogens (tertiary/aromatic N) is 2. The van der Waals surface area contributed by atoms with E-state index in [2.05, 4.69) is 10.3 Å². The third-order valence-electron chi connectivity index (χ3n) is 5.58. The van der Waals surface area contributed by atoms with Gasteiger partial charge < -0.3 is 15.0 Å². The number of aromatic nitrogens is 1. The van der Waals surface area contributed by atoms with Crippen molar-refractivity contribution in [2.45, 2.75) is 19.1 Å². The van der Waals surface area contributed by atoms with Crippen LogP contribution in [0.1, 0.15) is 29.0 Å². The van der Waals surface area contributed by atoms with E-state index in [1.54, 1.807) is 24.3 Å². The molecule has 1 aliphatic rings. The average molecular weight is 461 g/mol. The van der Waals surface area contributed by atoms with Crippen molar-refractivity contribution < 1.29 is 18.8 Å². The van der Waals surface area contributed by atoms with Gasteiger partial charge in [0, 0.05) is 41.7 Å². The Morgan fingerprint density at radius 1 is 1.41 bits per heavy atom. The van der Waals surface area contributed by atoms with Gasteiger partial charge in [-0.25, -0.2) is 4.39 Å². The molecule has 0 bridgehead atoms. The minimum Gasteiger partial charge on any atom is -0.376 e. The number of fused-ring (bicyclic) bond motifs is 1. The SMILES string of the molecule is CC1CN(C(CNC(=O)c2cc3cccc([N+](=O)[O-])c3[nH]2)c2c(F)cccc2Cl)CCO1. The molecule has 1 aliphatic heterocycles. The molecule has 1 aromatic heterocycles. The van der Waals surface area contributed by atoms with E-state index >= 15 is 0 Å². The van der Waals surface area contributed by atoms with Gasteiger partial charge in [0.2, 0.25) is 0 Å². The topological polar surface area (TPSA) is 101 Å². The fraction of sp³-hybridized carbons (Fsp3) is 0.318. The highest BCUT2D eigenvalue weighted by Crippen LogP contribution is 2.31. The molecular formula is C22H22ClFN4O4. The lowest BCUT2D eigenvalue weighted by Gasteiger charge is -2.38. The van der Waals surface area contributed by atoms with Crippen LogP contribution in [0.4, 0.5) is 10.1 Å². The second-order valence-corrected chi connectivity index (χ2v) is 8.13. The number of carbonyl (C=O) groups excluding carboxylic acids is 1. The normalized spacial score (nSPS) is 17.9. The molecular weight excluding hydrogens is 439 g/mol. The maximum absolute atomic E-state index is 14.7. The minimum absolute atomic E-state index is 0.0400. The van der Waals surface area contributed by atoms with Crippen LogP contribution in [-0.4, -0.2) is 53.1 Å². The van der Waals surface area contributed by atoms with E-state index < -0.39 is 22.7 Å². The van der Waals surface area contributed by atoms with Crippen LogP contribution in [0.5, 0.6) is 0 Å². The average Bonchev–Trinajstić information content (AvgIpc) is 3.20. The lowest BCUT2D eigenvalue weighted by molar-refractivity contribution is -0.383. The molecule has 2 heterocycles. The molecule has 10 heteroatoms. The van der Waals surface area contributed by atoms with Crippen LogP contribution < -0.4 is 5.32 Å². The third kappa shape index (κ3) is 4.45. The largest absolute Gasteiger partial charge is 0.376 e. The van der Waals surface area contributed by atoms with Crippen molar-refractivity contribution in [3.63, 3.8) is 0 Å². The first kappa shape index (κ1) is 22.2. The Morgan fingerprint density at radius 2 is 2.19 bits per heavy atom. The standard InChI is InChI=1S/C22H22ClFN4O4/c1-13-12-27(8-9-32-13)19(20-15(23)5-3-6-16(20)24)11-25-22(29)17-10-14-4-2-7-18(28(30)31)21(14)26-17/h2-7,10,13,19,26H,8-9,11-12H2,1H3,(H,25,29). The van der Waals surface area contributed by atoms with E-state index in [1.165, 1.54) is 18.2 Å². The van der Waals surface area contributed by atoms with Crippen LogP contribution in [0.15, 0.2) is 42.5 Å². The molecule has 0 aliphatic carbocycles. The molecule has 0 spiro atoms. The van der Waals surface area contributed by atoms with Gasteiger partial charge in [-0.05, 0) is 25.1 Å². The minimum atomic E-state index is -0.504. The van der Waals surface area contributed by atoms with E-state index in [9.17, 15) is 19.3 Å². The summed E-state index contributed by atoms with van der Waals surface area (Å²) in [5, 5.41) is 14.9. The highest BCUT2D eigenvalue weighted by molar-refractivity contribution is 6.31. The molecule has 2 unspecified atom stereocenters. The summed E-state index contributed by atoms with van der Waals surface area (Å²) in [7, 11) is 0. The number of ether oxygens (including phenoxy) is 1. The van der Waals surface area contributed by atoms with Gasteiger partial charge in [-0.15, -0.1) is 0 Å². The number of nitrogens with one attached hydrogen (secondary N) is 2. The smallest absolute Gasteiger partial charge is 0.293 e. The van der Waals surface area contributed by atoms with Crippen LogP contribution >= 0.6 is 11.6 Å². The lowest BCUT2D eigenvalue weighted by Crippen LogP contribution is -2.47. The summed E-state index contributed by atoms with van der Waals surface area (Å²) in [5.41, 5.74) is 0.664. The zero-order chi connectivity index (χ0) is 22.8. The van der Waals surface area contributed by atoms with Gasteiger partial charge in [0.15, 0.2) is 0 Å². The first-order chi connectivity index (χ1) is 15.3. The van der Waals surface area contributed by atoms with E-state index in [-0.39, 0.29) is 34.6 Å². The Balaban J connectivity index is 1.59. The summed E-state index contributed by atoms with van der Waals surface area (Å²) in [6.07, 6.45) is -0.0400. The number of nitro groups is 1. The highest BCUT2D eigenvalue weighted by Gasteiger charge is 2.30. The van der Waals surface area contributed by atoms with Gasteiger partial charge in [-0.2, -0.15) is 0 Å². The van der Waals surface area contributed by atoms with Crippen LogP contribution in [0.3, 0.4) is 0 Å². The summed E-state index contributed by atoms with van der Waals surface area (Å²) in [6, 6.07) is 10.2. The molecule has 32 heavy (non-hydrogen) atoms. The Labute approximate surface area is 188 Å². The Hall–Kier alpha value is -3.01. The number of hydrogen-bond donors (Lipinski definition) is 2. The Kier molecular flexibility index (Phi) is 6.40. The molecule has 0 radical (unpaired) electrons. The monoisotopic (exact) mass is 460 g/mol. The molecule has 168 valence electrons. The van der Waals surface area contributed by atoms with Gasteiger partial charge in [-0.1, -0.05) is 29.8 Å². The van der Waals surface area contributed by atoms with Crippen molar-refractivity contribution in [1.29, 1.82) is 0 Å². The van der Waals surface area contributed by atoms with Crippen molar-refractivity contribution in [3.05, 3.63) is 74.7 Å². The fourth-order valence-corrected chi connectivity index (χ4v) is 4.36. The maximum atomic E-state index is 14.7. The molecule has 2 aromatic carbocycles. The third-order valence-corrected chi connectivity index (χ3v) is 5.91.